The number of ketones is 1. The first-order chi connectivity index (χ1) is 6.74. The minimum atomic E-state index is 0.0594. The molecule has 14 heavy (non-hydrogen) atoms. The Morgan fingerprint density at radius 2 is 2.21 bits per heavy atom. The maximum absolute atomic E-state index is 11.0. The summed E-state index contributed by atoms with van der Waals surface area (Å²) in [5.41, 5.74) is 1.07. The number of nitrogens with one attached hydrogen (secondary N) is 1. The van der Waals surface area contributed by atoms with E-state index in [1.54, 1.807) is 6.92 Å². The highest BCUT2D eigenvalue weighted by atomic mass is 32.1. The van der Waals surface area contributed by atoms with E-state index in [9.17, 15) is 4.79 Å². The Hall–Kier alpha value is -0.700. The summed E-state index contributed by atoms with van der Waals surface area (Å²) in [6.07, 6.45) is 7.63. The maximum atomic E-state index is 11.0. The van der Waals surface area contributed by atoms with Crippen LogP contribution in [0.15, 0.2) is 23.9 Å². The quantitative estimate of drug-likeness (QED) is 0.545. The zero-order valence-electron chi connectivity index (χ0n) is 9.08. The first-order valence-electron chi connectivity index (χ1n) is 5.00. The van der Waals surface area contributed by atoms with Gasteiger partial charge < -0.3 is 4.72 Å². The normalized spacial score (nSPS) is 20.0. The van der Waals surface area contributed by atoms with Crippen LogP contribution in [0.5, 0.6) is 0 Å². The molecule has 1 aliphatic carbocycles. The fourth-order valence-corrected chi connectivity index (χ4v) is 1.37. The summed E-state index contributed by atoms with van der Waals surface area (Å²) >= 11 is 3.96. The van der Waals surface area contributed by atoms with E-state index in [0.29, 0.717) is 0 Å². The number of carbonyl (C=O) groups excluding carboxylic acids is 1. The molecule has 3 heteroatoms. The summed E-state index contributed by atoms with van der Waals surface area (Å²) in [6.45, 7) is 5.63. The molecule has 0 aromatic carbocycles. The third-order valence-corrected chi connectivity index (χ3v) is 2.28. The van der Waals surface area contributed by atoms with E-state index >= 15 is 0 Å². The lowest BCUT2D eigenvalue weighted by atomic mass is 10.0. The number of Topliss-reactive ketones (excluding diaryl/α,β-unsaturated/α-hetero) is 1. The van der Waals surface area contributed by atoms with E-state index in [-0.39, 0.29) is 11.7 Å². The molecule has 1 aliphatic rings. The third-order valence-electron chi connectivity index (χ3n) is 1.99. The molecule has 1 rings (SSSR count). The zero-order valence-corrected chi connectivity index (χ0v) is 9.97. The van der Waals surface area contributed by atoms with Crippen LogP contribution in [0.25, 0.3) is 0 Å². The van der Waals surface area contributed by atoms with Crippen molar-refractivity contribution >= 4 is 18.6 Å². The molecular weight excluding hydrogens is 194 g/mol. The van der Waals surface area contributed by atoms with Crippen LogP contribution in [0.3, 0.4) is 0 Å². The minimum Gasteiger partial charge on any atom is -0.336 e. The molecule has 0 bridgehead atoms. The summed E-state index contributed by atoms with van der Waals surface area (Å²) in [6, 6.07) is 0. The largest absolute Gasteiger partial charge is 0.336 e. The van der Waals surface area contributed by atoms with Crippen molar-refractivity contribution < 1.29 is 4.79 Å². The van der Waals surface area contributed by atoms with Gasteiger partial charge in [-0.25, -0.2) is 0 Å². The Kier molecular flexibility index (Phi) is 7.30. The smallest absolute Gasteiger partial charge is 0.136 e. The van der Waals surface area contributed by atoms with Gasteiger partial charge in [0, 0.05) is 18.0 Å². The lowest BCUT2D eigenvalue weighted by Crippen LogP contribution is -2.06. The monoisotopic (exact) mass is 213 g/mol. The van der Waals surface area contributed by atoms with Gasteiger partial charge in [0.25, 0.3) is 0 Å². The van der Waals surface area contributed by atoms with E-state index < -0.39 is 0 Å². The van der Waals surface area contributed by atoms with Crippen LogP contribution in [-0.2, 0) is 4.79 Å². The Morgan fingerprint density at radius 1 is 1.57 bits per heavy atom. The van der Waals surface area contributed by atoms with Crippen molar-refractivity contribution in [1.29, 1.82) is 0 Å². The van der Waals surface area contributed by atoms with Crippen LogP contribution in [0, 0.1) is 5.92 Å². The average molecular weight is 213 g/mol. The molecule has 0 aliphatic heterocycles. The number of rotatable bonds is 2. The number of hydrogen-bond acceptors (Lipinski definition) is 3. The van der Waals surface area contributed by atoms with Crippen LogP contribution in [0.4, 0.5) is 0 Å². The van der Waals surface area contributed by atoms with E-state index in [4.69, 9.17) is 0 Å². The molecule has 1 N–H and O–H groups in total. The van der Waals surface area contributed by atoms with Crippen molar-refractivity contribution in [3.8, 4) is 0 Å². The fourth-order valence-electron chi connectivity index (χ4n) is 1.18. The van der Waals surface area contributed by atoms with Gasteiger partial charge in [0.05, 0.1) is 0 Å². The number of hydrogen-bond donors (Lipinski definition) is 2. The van der Waals surface area contributed by atoms with Gasteiger partial charge in [-0.2, -0.15) is 0 Å². The number of thiol groups is 1. The molecule has 0 saturated heterocycles. The molecule has 0 aromatic heterocycles. The first kappa shape index (κ1) is 13.3. The minimum absolute atomic E-state index is 0.0594. The Labute approximate surface area is 92.0 Å². The SMILES string of the molecule is CC.CC(=O)C1C=CCC(NS)=CC1. The van der Waals surface area contributed by atoms with Crippen molar-refractivity contribution in [2.75, 3.05) is 0 Å². The van der Waals surface area contributed by atoms with Crippen molar-refractivity contribution in [2.24, 2.45) is 5.92 Å². The van der Waals surface area contributed by atoms with Gasteiger partial charge in [-0.05, 0) is 13.3 Å². The molecule has 0 aromatic rings. The molecule has 0 radical (unpaired) electrons. The van der Waals surface area contributed by atoms with Gasteiger partial charge in [0.15, 0.2) is 0 Å². The zero-order chi connectivity index (χ0) is 11.0. The van der Waals surface area contributed by atoms with Crippen LogP contribution >= 0.6 is 12.8 Å². The second-order valence-electron chi connectivity index (χ2n) is 2.93. The molecule has 0 saturated carbocycles. The van der Waals surface area contributed by atoms with E-state index in [0.717, 1.165) is 18.5 Å². The highest BCUT2D eigenvalue weighted by Crippen LogP contribution is 2.15. The standard InChI is InChI=1S/C9H13NOS.C2H6/c1-7(11)8-3-2-4-9(10-12)6-5-8;1-2/h2-3,6,8,10,12H,4-5H2,1H3;1-2H3. The number of allylic oxidation sites excluding steroid dienone is 3. The molecule has 1 unspecified atom stereocenters. The summed E-state index contributed by atoms with van der Waals surface area (Å²) in [5.74, 6) is 0.284. The van der Waals surface area contributed by atoms with Crippen LogP contribution in [-0.4, -0.2) is 5.78 Å². The van der Waals surface area contributed by atoms with Crippen molar-refractivity contribution in [3.05, 3.63) is 23.9 Å². The average Bonchev–Trinajstić information content (AvgIpc) is 2.45. The molecule has 80 valence electrons. The van der Waals surface area contributed by atoms with E-state index in [2.05, 4.69) is 17.5 Å². The van der Waals surface area contributed by atoms with Crippen LogP contribution in [0.2, 0.25) is 0 Å². The molecule has 2 nitrogen and oxygen atoms in total. The Morgan fingerprint density at radius 3 is 2.71 bits per heavy atom. The molecule has 0 amide bonds. The van der Waals surface area contributed by atoms with Crippen LogP contribution < -0.4 is 4.72 Å². The summed E-state index contributed by atoms with van der Waals surface area (Å²) in [7, 11) is 0. The number of carbonyl (C=O) groups is 1. The Bertz CT molecular complexity index is 233. The van der Waals surface area contributed by atoms with Crippen molar-refractivity contribution in [2.45, 2.75) is 33.6 Å². The second kappa shape index (κ2) is 7.68. The van der Waals surface area contributed by atoms with Gasteiger partial charge in [-0.15, -0.1) is 0 Å². The predicted octanol–water partition coefficient (Wildman–Crippen LogP) is 2.89. The summed E-state index contributed by atoms with van der Waals surface area (Å²) < 4.78 is 2.80. The highest BCUT2D eigenvalue weighted by Gasteiger charge is 2.11. The van der Waals surface area contributed by atoms with Crippen LogP contribution in [0.1, 0.15) is 33.6 Å². The van der Waals surface area contributed by atoms with Crippen molar-refractivity contribution in [3.63, 3.8) is 0 Å². The lowest BCUT2D eigenvalue weighted by molar-refractivity contribution is -0.119. The molecular formula is C11H19NOS. The molecule has 0 fully saturated rings. The topological polar surface area (TPSA) is 29.1 Å². The fraction of sp³-hybridized carbons (Fsp3) is 0.545. The first-order valence-corrected chi connectivity index (χ1v) is 5.45. The summed E-state index contributed by atoms with van der Waals surface area (Å²) in [5, 5.41) is 0. The van der Waals surface area contributed by atoms with Gasteiger partial charge in [0.1, 0.15) is 5.78 Å². The van der Waals surface area contributed by atoms with Gasteiger partial charge in [0.2, 0.25) is 0 Å². The third kappa shape index (κ3) is 4.51. The van der Waals surface area contributed by atoms with Gasteiger partial charge >= 0.3 is 0 Å². The lowest BCUT2D eigenvalue weighted by Gasteiger charge is -2.03. The molecule has 0 spiro atoms. The van der Waals surface area contributed by atoms with Gasteiger partial charge in [-0.3, -0.25) is 4.79 Å². The Balaban J connectivity index is 0.000000791. The predicted molar refractivity (Wildman–Crippen MR) is 64.1 cm³/mol. The van der Waals surface area contributed by atoms with Gasteiger partial charge in [-0.1, -0.05) is 44.9 Å². The maximum Gasteiger partial charge on any atom is 0.136 e. The van der Waals surface area contributed by atoms with E-state index in [1.807, 2.05) is 32.1 Å². The van der Waals surface area contributed by atoms with Crippen molar-refractivity contribution in [1.82, 2.24) is 4.72 Å². The molecule has 0 heterocycles. The highest BCUT2D eigenvalue weighted by molar-refractivity contribution is 7.78. The molecule has 1 atom stereocenters. The summed E-state index contributed by atoms with van der Waals surface area (Å²) in [4.78, 5) is 11.0. The second-order valence-corrected chi connectivity index (χ2v) is 3.15. The van der Waals surface area contributed by atoms with E-state index in [1.165, 1.54) is 0 Å².